The van der Waals surface area contributed by atoms with E-state index in [0.717, 1.165) is 0 Å². The first-order valence-electron chi connectivity index (χ1n) is 3.66. The normalized spacial score (nSPS) is 17.0. The van der Waals surface area contributed by atoms with Crippen molar-refractivity contribution in [3.8, 4) is 6.01 Å². The van der Waals surface area contributed by atoms with Gasteiger partial charge in [0.15, 0.2) is 0 Å². The van der Waals surface area contributed by atoms with Crippen LogP contribution in [0.5, 0.6) is 6.01 Å². The maximum Gasteiger partial charge on any atom is 0.316 e. The number of nitrogen functional groups attached to an aromatic ring is 1. The van der Waals surface area contributed by atoms with Crippen LogP contribution in [0.3, 0.4) is 0 Å². The first-order valence-corrected chi connectivity index (χ1v) is 3.66. The molecule has 2 rings (SSSR count). The van der Waals surface area contributed by atoms with E-state index in [1.807, 2.05) is 0 Å². The van der Waals surface area contributed by atoms with Gasteiger partial charge in [0.05, 0.1) is 31.3 Å². The molecule has 2 N–H and O–H groups in total. The standard InChI is InChI=1S/C7H9N3O2/c8-5-1-9-7(10-2-5)12-6-3-11-4-6/h1-2,6H,3-4,8H2. The predicted molar refractivity (Wildman–Crippen MR) is 41.7 cm³/mol. The Hall–Kier alpha value is -1.36. The number of hydrogen-bond acceptors (Lipinski definition) is 5. The molecule has 1 aliphatic rings. The van der Waals surface area contributed by atoms with Crippen LogP contribution in [-0.4, -0.2) is 29.3 Å². The minimum Gasteiger partial charge on any atom is -0.455 e. The van der Waals surface area contributed by atoms with Crippen LogP contribution in [0.4, 0.5) is 5.69 Å². The third-order valence-corrected chi connectivity index (χ3v) is 1.53. The van der Waals surface area contributed by atoms with Crippen molar-refractivity contribution in [3.05, 3.63) is 12.4 Å². The van der Waals surface area contributed by atoms with E-state index in [9.17, 15) is 0 Å². The summed E-state index contributed by atoms with van der Waals surface area (Å²) < 4.78 is 10.2. The van der Waals surface area contributed by atoms with Crippen LogP contribution in [0.2, 0.25) is 0 Å². The predicted octanol–water partition coefficient (Wildman–Crippen LogP) is -0.164. The van der Waals surface area contributed by atoms with Gasteiger partial charge in [-0.2, -0.15) is 0 Å². The molecule has 0 aliphatic carbocycles. The summed E-state index contributed by atoms with van der Waals surface area (Å²) in [6.07, 6.45) is 3.14. The van der Waals surface area contributed by atoms with Gasteiger partial charge >= 0.3 is 6.01 Å². The van der Waals surface area contributed by atoms with Gasteiger partial charge in [0.25, 0.3) is 0 Å². The second-order valence-corrected chi connectivity index (χ2v) is 2.58. The highest BCUT2D eigenvalue weighted by Crippen LogP contribution is 2.10. The average molecular weight is 167 g/mol. The lowest BCUT2D eigenvalue weighted by molar-refractivity contribution is -0.0831. The van der Waals surface area contributed by atoms with Crippen molar-refractivity contribution in [2.45, 2.75) is 6.10 Å². The Morgan fingerprint density at radius 1 is 1.42 bits per heavy atom. The van der Waals surface area contributed by atoms with Gasteiger partial charge in [0, 0.05) is 0 Å². The maximum atomic E-state index is 5.40. The Kier molecular flexibility index (Phi) is 1.79. The van der Waals surface area contributed by atoms with Crippen LogP contribution in [0, 0.1) is 0 Å². The van der Waals surface area contributed by atoms with E-state index in [1.165, 1.54) is 12.4 Å². The molecule has 1 aliphatic heterocycles. The van der Waals surface area contributed by atoms with Crippen molar-refractivity contribution in [2.75, 3.05) is 18.9 Å². The van der Waals surface area contributed by atoms with Crippen molar-refractivity contribution >= 4 is 5.69 Å². The van der Waals surface area contributed by atoms with E-state index >= 15 is 0 Å². The zero-order valence-electron chi connectivity index (χ0n) is 6.43. The van der Waals surface area contributed by atoms with E-state index in [1.54, 1.807) is 0 Å². The molecule has 0 radical (unpaired) electrons. The van der Waals surface area contributed by atoms with Crippen molar-refractivity contribution in [2.24, 2.45) is 0 Å². The molecular formula is C7H9N3O2. The molecule has 0 bridgehead atoms. The minimum atomic E-state index is 0.105. The molecular weight excluding hydrogens is 158 g/mol. The van der Waals surface area contributed by atoms with Crippen molar-refractivity contribution in [1.82, 2.24) is 9.97 Å². The first-order chi connectivity index (χ1) is 5.84. The second-order valence-electron chi connectivity index (χ2n) is 2.58. The monoisotopic (exact) mass is 167 g/mol. The van der Waals surface area contributed by atoms with E-state index in [2.05, 4.69) is 9.97 Å². The SMILES string of the molecule is Nc1cnc(OC2COC2)nc1. The van der Waals surface area contributed by atoms with E-state index in [0.29, 0.717) is 24.9 Å². The fraction of sp³-hybridized carbons (Fsp3) is 0.429. The van der Waals surface area contributed by atoms with Gasteiger partial charge in [-0.25, -0.2) is 9.97 Å². The van der Waals surface area contributed by atoms with Crippen LogP contribution >= 0.6 is 0 Å². The molecule has 1 aromatic heterocycles. The molecule has 64 valence electrons. The Bertz CT molecular complexity index is 258. The molecule has 5 nitrogen and oxygen atoms in total. The summed E-state index contributed by atoms with van der Waals surface area (Å²) in [4.78, 5) is 7.77. The highest BCUT2D eigenvalue weighted by atomic mass is 16.6. The lowest BCUT2D eigenvalue weighted by atomic mass is 10.3. The molecule has 5 heteroatoms. The van der Waals surface area contributed by atoms with Gasteiger partial charge in [-0.1, -0.05) is 0 Å². The topological polar surface area (TPSA) is 70.3 Å². The van der Waals surface area contributed by atoms with Crippen molar-refractivity contribution in [1.29, 1.82) is 0 Å². The fourth-order valence-corrected chi connectivity index (χ4v) is 0.818. The zero-order chi connectivity index (χ0) is 8.39. The Morgan fingerprint density at radius 2 is 2.08 bits per heavy atom. The summed E-state index contributed by atoms with van der Waals surface area (Å²) in [6.45, 7) is 1.24. The number of nitrogens with two attached hydrogens (primary N) is 1. The summed E-state index contributed by atoms with van der Waals surface area (Å²) in [5.74, 6) is 0. The first kappa shape index (κ1) is 7.30. The number of hydrogen-bond donors (Lipinski definition) is 1. The summed E-state index contributed by atoms with van der Waals surface area (Å²) in [7, 11) is 0. The third-order valence-electron chi connectivity index (χ3n) is 1.53. The van der Waals surface area contributed by atoms with Gasteiger partial charge < -0.3 is 15.2 Å². The lowest BCUT2D eigenvalue weighted by Crippen LogP contribution is -2.38. The average Bonchev–Trinajstić information content (AvgIpc) is 2.00. The molecule has 0 unspecified atom stereocenters. The number of anilines is 1. The highest BCUT2D eigenvalue weighted by Gasteiger charge is 2.20. The molecule has 2 heterocycles. The van der Waals surface area contributed by atoms with E-state index in [-0.39, 0.29) is 6.10 Å². The van der Waals surface area contributed by atoms with E-state index < -0.39 is 0 Å². The molecule has 1 saturated heterocycles. The Morgan fingerprint density at radius 3 is 2.58 bits per heavy atom. The molecule has 0 saturated carbocycles. The Labute approximate surface area is 69.5 Å². The molecule has 0 aromatic carbocycles. The summed E-state index contributed by atoms with van der Waals surface area (Å²) in [5, 5.41) is 0. The quantitative estimate of drug-likeness (QED) is 0.662. The summed E-state index contributed by atoms with van der Waals surface area (Å²) in [5.41, 5.74) is 5.93. The van der Waals surface area contributed by atoms with Crippen LogP contribution in [0.25, 0.3) is 0 Å². The van der Waals surface area contributed by atoms with Crippen molar-refractivity contribution < 1.29 is 9.47 Å². The van der Waals surface area contributed by atoms with Gasteiger partial charge in [-0.15, -0.1) is 0 Å². The van der Waals surface area contributed by atoms with Crippen LogP contribution in [0.1, 0.15) is 0 Å². The molecule has 0 atom stereocenters. The molecule has 12 heavy (non-hydrogen) atoms. The minimum absolute atomic E-state index is 0.105. The fourth-order valence-electron chi connectivity index (χ4n) is 0.818. The van der Waals surface area contributed by atoms with Gasteiger partial charge in [0.1, 0.15) is 6.10 Å². The number of rotatable bonds is 2. The van der Waals surface area contributed by atoms with Gasteiger partial charge in [-0.3, -0.25) is 0 Å². The van der Waals surface area contributed by atoms with Crippen molar-refractivity contribution in [3.63, 3.8) is 0 Å². The number of nitrogens with zero attached hydrogens (tertiary/aromatic N) is 2. The van der Waals surface area contributed by atoms with E-state index in [4.69, 9.17) is 15.2 Å². The third kappa shape index (κ3) is 1.45. The van der Waals surface area contributed by atoms with Gasteiger partial charge in [0.2, 0.25) is 0 Å². The molecule has 0 amide bonds. The van der Waals surface area contributed by atoms with Crippen LogP contribution < -0.4 is 10.5 Å². The maximum absolute atomic E-state index is 5.40. The molecule has 0 spiro atoms. The summed E-state index contributed by atoms with van der Waals surface area (Å²) >= 11 is 0. The number of aromatic nitrogens is 2. The highest BCUT2D eigenvalue weighted by molar-refractivity contribution is 5.30. The lowest BCUT2D eigenvalue weighted by Gasteiger charge is -2.25. The number of ether oxygens (including phenoxy) is 2. The largest absolute Gasteiger partial charge is 0.455 e. The van der Waals surface area contributed by atoms with Crippen LogP contribution in [-0.2, 0) is 4.74 Å². The smallest absolute Gasteiger partial charge is 0.316 e. The zero-order valence-corrected chi connectivity index (χ0v) is 6.43. The second kappa shape index (κ2) is 2.94. The van der Waals surface area contributed by atoms with Crippen LogP contribution in [0.15, 0.2) is 12.4 Å². The van der Waals surface area contributed by atoms with Gasteiger partial charge in [-0.05, 0) is 0 Å². The Balaban J connectivity index is 1.98. The summed E-state index contributed by atoms with van der Waals surface area (Å²) in [6, 6.07) is 0.359. The molecule has 1 fully saturated rings. The molecule has 1 aromatic rings.